The third-order valence-corrected chi connectivity index (χ3v) is 2.70. The fraction of sp³-hybridized carbons (Fsp3) is 1.00. The number of aliphatic hydroxyl groups is 1. The second kappa shape index (κ2) is 10.3. The number of rotatable bonds is 8. The average molecular weight is 280 g/mol. The van der Waals surface area contributed by atoms with E-state index in [1.165, 1.54) is 6.92 Å². The van der Waals surface area contributed by atoms with E-state index in [0.717, 1.165) is 0 Å². The molecule has 0 spiro atoms. The van der Waals surface area contributed by atoms with Gasteiger partial charge in [0.15, 0.2) is 10.3 Å². The van der Waals surface area contributed by atoms with Crippen LogP contribution in [0.2, 0.25) is 0 Å². The van der Waals surface area contributed by atoms with Crippen molar-refractivity contribution in [1.29, 1.82) is 0 Å². The number of aliphatic hydroxyl groups excluding tert-OH is 1. The molecule has 92 valence electrons. The van der Waals surface area contributed by atoms with Crippen molar-refractivity contribution in [3.8, 4) is 0 Å². The van der Waals surface area contributed by atoms with Crippen LogP contribution in [0.1, 0.15) is 6.92 Å². The first-order chi connectivity index (χ1) is 6.91. The van der Waals surface area contributed by atoms with Gasteiger partial charge in [0.05, 0.1) is 19.3 Å². The number of nitrogens with zero attached hydrogens (tertiary/aromatic N) is 1. The van der Waals surface area contributed by atoms with Crippen molar-refractivity contribution in [2.24, 2.45) is 5.73 Å². The van der Waals surface area contributed by atoms with Crippen molar-refractivity contribution in [2.45, 2.75) is 13.0 Å². The van der Waals surface area contributed by atoms with Gasteiger partial charge in [0, 0.05) is 19.6 Å². The van der Waals surface area contributed by atoms with Gasteiger partial charge in [0.2, 0.25) is 0 Å². The molecule has 0 saturated heterocycles. The Labute approximate surface area is 139 Å². The molecule has 0 aromatic carbocycles. The summed E-state index contributed by atoms with van der Waals surface area (Å²) in [6.45, 7) is 1.86. The summed E-state index contributed by atoms with van der Waals surface area (Å²) in [5.74, 6) is 0. The van der Waals surface area contributed by atoms with Crippen molar-refractivity contribution >= 4 is 10.3 Å². The van der Waals surface area contributed by atoms with Crippen molar-refractivity contribution in [2.75, 3.05) is 32.8 Å². The summed E-state index contributed by atoms with van der Waals surface area (Å²) in [6, 6.07) is 0. The maximum absolute atomic E-state index is 10.6. The van der Waals surface area contributed by atoms with Gasteiger partial charge in [-0.05, 0) is 0 Å². The average Bonchev–Trinajstić information content (AvgIpc) is 2.12. The molecule has 0 bridgehead atoms. The molecule has 1 unspecified atom stereocenters. The van der Waals surface area contributed by atoms with Gasteiger partial charge in [0.1, 0.15) is 0 Å². The Morgan fingerprint density at radius 2 is 2.12 bits per heavy atom. The molecule has 0 aliphatic rings. The van der Waals surface area contributed by atoms with Gasteiger partial charge in [-0.1, -0.05) is 6.92 Å². The molecule has 0 aromatic heterocycles. The molecule has 0 aromatic rings. The molecule has 1 atom stereocenters. The first-order valence-electron chi connectivity index (χ1n) is 4.58. The molecule has 9 heteroatoms. The standard InChI is InChI=1S/C7H18N2O5S.K/c1-2-9(15(11,12)13)5-7(10)6-14-4-3-8;/h7,10H,2-6,8H2,1H3,(H,11,12,13);/q;+1/p-1. The van der Waals surface area contributed by atoms with Gasteiger partial charge < -0.3 is 20.1 Å². The van der Waals surface area contributed by atoms with Gasteiger partial charge in [-0.15, -0.1) is 0 Å². The molecule has 0 amide bonds. The molecule has 0 rings (SSSR count). The first kappa shape index (κ1) is 19.7. The van der Waals surface area contributed by atoms with Gasteiger partial charge in [-0.2, -0.15) is 0 Å². The quantitative estimate of drug-likeness (QED) is 0.262. The molecule has 0 aliphatic carbocycles. The molecule has 16 heavy (non-hydrogen) atoms. The van der Waals surface area contributed by atoms with Crippen LogP contribution in [0.5, 0.6) is 0 Å². The van der Waals surface area contributed by atoms with Crippen LogP contribution >= 0.6 is 0 Å². The van der Waals surface area contributed by atoms with E-state index < -0.39 is 16.4 Å². The van der Waals surface area contributed by atoms with Gasteiger partial charge >= 0.3 is 51.4 Å². The van der Waals surface area contributed by atoms with Crippen LogP contribution in [0.4, 0.5) is 0 Å². The van der Waals surface area contributed by atoms with E-state index in [1.807, 2.05) is 0 Å². The number of likely N-dealkylation sites (N-methyl/N-ethyl adjacent to an activating group) is 1. The van der Waals surface area contributed by atoms with Gasteiger partial charge in [-0.3, -0.25) is 0 Å². The Morgan fingerprint density at radius 1 is 1.56 bits per heavy atom. The van der Waals surface area contributed by atoms with Crippen LogP contribution in [-0.4, -0.2) is 61.3 Å². The third-order valence-electron chi connectivity index (χ3n) is 1.66. The van der Waals surface area contributed by atoms with E-state index in [9.17, 15) is 18.1 Å². The van der Waals surface area contributed by atoms with Crippen molar-refractivity contribution < 1.29 is 74.2 Å². The Balaban J connectivity index is 0. The summed E-state index contributed by atoms with van der Waals surface area (Å²) in [6.07, 6.45) is -1.01. The topological polar surface area (TPSA) is 116 Å². The van der Waals surface area contributed by atoms with Crippen molar-refractivity contribution in [3.05, 3.63) is 0 Å². The fourth-order valence-corrected chi connectivity index (χ4v) is 1.64. The second-order valence-corrected chi connectivity index (χ2v) is 4.30. The molecule has 7 nitrogen and oxygen atoms in total. The molecular weight excluding hydrogens is 263 g/mol. The minimum Gasteiger partial charge on any atom is -0.735 e. The fourth-order valence-electron chi connectivity index (χ4n) is 0.969. The third kappa shape index (κ3) is 9.42. The normalized spacial score (nSPS) is 13.6. The number of nitrogens with two attached hydrogens (primary N) is 1. The van der Waals surface area contributed by atoms with Crippen LogP contribution < -0.4 is 57.1 Å². The predicted octanol–water partition coefficient (Wildman–Crippen LogP) is -4.89. The summed E-state index contributed by atoms with van der Waals surface area (Å²) in [5, 5.41) is 9.33. The largest absolute Gasteiger partial charge is 1.00 e. The zero-order chi connectivity index (χ0) is 11.9. The molecule has 0 saturated carbocycles. The summed E-state index contributed by atoms with van der Waals surface area (Å²) in [5.41, 5.74) is 5.15. The molecule has 0 aliphatic heterocycles. The Hall–Kier alpha value is 1.39. The minimum absolute atomic E-state index is 0. The zero-order valence-corrected chi connectivity index (χ0v) is 13.6. The summed E-state index contributed by atoms with van der Waals surface area (Å²) in [7, 11) is -4.50. The predicted molar refractivity (Wildman–Crippen MR) is 52.8 cm³/mol. The maximum atomic E-state index is 10.6. The summed E-state index contributed by atoms with van der Waals surface area (Å²) < 4.78 is 37.4. The van der Waals surface area contributed by atoms with Crippen LogP contribution in [-0.2, 0) is 15.0 Å². The number of ether oxygens (including phenoxy) is 1. The van der Waals surface area contributed by atoms with Crippen LogP contribution in [0.3, 0.4) is 0 Å². The van der Waals surface area contributed by atoms with E-state index in [2.05, 4.69) is 0 Å². The molecule has 3 N–H and O–H groups in total. The van der Waals surface area contributed by atoms with Crippen molar-refractivity contribution in [1.82, 2.24) is 4.31 Å². The van der Waals surface area contributed by atoms with Gasteiger partial charge in [-0.25, -0.2) is 12.7 Å². The zero-order valence-electron chi connectivity index (χ0n) is 9.63. The van der Waals surface area contributed by atoms with Gasteiger partial charge in [0.25, 0.3) is 0 Å². The second-order valence-electron chi connectivity index (χ2n) is 2.93. The maximum Gasteiger partial charge on any atom is 1.00 e. The van der Waals surface area contributed by atoms with E-state index in [4.69, 9.17) is 10.5 Å². The smallest absolute Gasteiger partial charge is 0.735 e. The van der Waals surface area contributed by atoms with E-state index >= 15 is 0 Å². The van der Waals surface area contributed by atoms with Crippen LogP contribution in [0, 0.1) is 0 Å². The number of hydrogen-bond donors (Lipinski definition) is 2. The Kier molecular flexibility index (Phi) is 12.7. The molecular formula is C7H17KN2O5S. The van der Waals surface area contributed by atoms with Crippen molar-refractivity contribution in [3.63, 3.8) is 0 Å². The Morgan fingerprint density at radius 3 is 2.50 bits per heavy atom. The SMILES string of the molecule is CCN(CC(O)COCCN)S(=O)(=O)[O-].[K+]. The minimum atomic E-state index is -4.50. The van der Waals surface area contributed by atoms with E-state index in [1.54, 1.807) is 0 Å². The summed E-state index contributed by atoms with van der Waals surface area (Å²) in [4.78, 5) is 0. The monoisotopic (exact) mass is 280 g/mol. The summed E-state index contributed by atoms with van der Waals surface area (Å²) >= 11 is 0. The first-order valence-corrected chi connectivity index (χ1v) is 5.95. The molecule has 0 fully saturated rings. The van der Waals surface area contributed by atoms with E-state index in [0.29, 0.717) is 10.8 Å². The molecule has 0 radical (unpaired) electrons. The van der Waals surface area contributed by atoms with Crippen LogP contribution in [0.15, 0.2) is 0 Å². The van der Waals surface area contributed by atoms with Crippen LogP contribution in [0.25, 0.3) is 0 Å². The Bertz CT molecular complexity index is 262. The number of hydrogen-bond acceptors (Lipinski definition) is 6. The molecule has 0 heterocycles. The van der Waals surface area contributed by atoms with E-state index in [-0.39, 0.29) is 77.7 Å².